The molecule has 0 bridgehead atoms. The van der Waals surface area contributed by atoms with E-state index in [0.717, 1.165) is 23.8 Å². The number of carboxylic acids is 1. The van der Waals surface area contributed by atoms with Crippen molar-refractivity contribution in [1.82, 2.24) is 10.3 Å². The average Bonchev–Trinajstić information content (AvgIpc) is 3.38. The molecule has 5 rings (SSSR count). The summed E-state index contributed by atoms with van der Waals surface area (Å²) in [5.74, 6) is -1.89. The largest absolute Gasteiger partial charge is 0.508 e. The van der Waals surface area contributed by atoms with Gasteiger partial charge in [-0.2, -0.15) is 13.2 Å². The van der Waals surface area contributed by atoms with Crippen LogP contribution in [-0.2, 0) is 17.3 Å². The minimum absolute atomic E-state index is 0.0934. The second-order valence-corrected chi connectivity index (χ2v) is 9.65. The van der Waals surface area contributed by atoms with Crippen molar-refractivity contribution >= 4 is 29.0 Å². The van der Waals surface area contributed by atoms with Crippen LogP contribution >= 0.6 is 0 Å². The first-order chi connectivity index (χ1) is 19.5. The number of hydrogen-bond donors (Lipinski definition) is 3. The second kappa shape index (κ2) is 11.0. The smallest absolute Gasteiger partial charge is 0.416 e. The first-order valence-electron chi connectivity index (χ1n) is 12.6. The highest BCUT2D eigenvalue weighted by Crippen LogP contribution is 2.33. The Balaban J connectivity index is 1.47. The molecule has 3 aromatic carbocycles. The molecule has 210 valence electrons. The molecule has 1 amide bonds. The number of rotatable bonds is 7. The van der Waals surface area contributed by atoms with Crippen molar-refractivity contribution in [2.75, 3.05) is 0 Å². The van der Waals surface area contributed by atoms with Gasteiger partial charge in [0.2, 0.25) is 0 Å². The Labute approximate surface area is 232 Å². The summed E-state index contributed by atoms with van der Waals surface area (Å²) in [4.78, 5) is 34.2. The number of ether oxygens (including phenoxy) is 1. The third-order valence-corrected chi connectivity index (χ3v) is 6.64. The van der Waals surface area contributed by atoms with E-state index in [9.17, 15) is 33.0 Å². The van der Waals surface area contributed by atoms with Crippen LogP contribution in [0.3, 0.4) is 0 Å². The second-order valence-electron chi connectivity index (χ2n) is 9.65. The molecule has 0 saturated heterocycles. The number of fused-ring (bicyclic) bond motifs is 1. The number of nitrogens with one attached hydrogen (secondary N) is 1. The highest BCUT2D eigenvalue weighted by atomic mass is 19.4. The number of aliphatic imine (C=N–C) groups is 1. The fourth-order valence-electron chi connectivity index (χ4n) is 4.62. The number of phenolic OH excluding ortho intramolecular Hbond substituents is 1. The zero-order valence-corrected chi connectivity index (χ0v) is 21.6. The number of pyridine rings is 1. The van der Waals surface area contributed by atoms with Crippen molar-refractivity contribution in [3.63, 3.8) is 0 Å². The lowest BCUT2D eigenvalue weighted by atomic mass is 9.98. The number of alkyl halides is 3. The number of benzene rings is 3. The number of carboxylic acid groups (broad SMARTS) is 1. The summed E-state index contributed by atoms with van der Waals surface area (Å²) < 4.78 is 45.5. The molecule has 2 heterocycles. The van der Waals surface area contributed by atoms with E-state index < -0.39 is 35.9 Å². The monoisotopic (exact) mass is 563 g/mol. The maximum Gasteiger partial charge on any atom is 0.416 e. The third kappa shape index (κ3) is 6.20. The van der Waals surface area contributed by atoms with E-state index in [1.54, 1.807) is 25.3 Å². The van der Waals surface area contributed by atoms with Crippen molar-refractivity contribution < 1.29 is 37.7 Å². The lowest BCUT2D eigenvalue weighted by molar-refractivity contribution is -0.137. The lowest BCUT2D eigenvalue weighted by Gasteiger charge is -2.23. The third-order valence-electron chi connectivity index (χ3n) is 6.64. The van der Waals surface area contributed by atoms with Crippen molar-refractivity contribution in [3.05, 3.63) is 95.2 Å². The summed E-state index contributed by atoms with van der Waals surface area (Å²) in [5.41, 5.74) is 0.384. The SMILES string of the molecule is CC1C=NC([C@@H](Cc2ccc(O)cc2)NC(=O)c2cc(C(=O)O)c3cc(-c4cccc(C(F)(F)F)c4)ccc3n2)O1. The van der Waals surface area contributed by atoms with Gasteiger partial charge in [0.05, 0.1) is 28.8 Å². The number of amides is 1. The predicted molar refractivity (Wildman–Crippen MR) is 145 cm³/mol. The molecule has 0 fully saturated rings. The molecule has 41 heavy (non-hydrogen) atoms. The topological polar surface area (TPSA) is 121 Å². The minimum Gasteiger partial charge on any atom is -0.508 e. The van der Waals surface area contributed by atoms with Crippen molar-refractivity contribution in [1.29, 1.82) is 0 Å². The van der Waals surface area contributed by atoms with E-state index in [2.05, 4.69) is 15.3 Å². The lowest BCUT2D eigenvalue weighted by Crippen LogP contribution is -2.45. The van der Waals surface area contributed by atoms with E-state index in [0.29, 0.717) is 12.0 Å². The number of aromatic nitrogens is 1. The quantitative estimate of drug-likeness (QED) is 0.274. The minimum atomic E-state index is -4.53. The van der Waals surface area contributed by atoms with Crippen LogP contribution in [0.1, 0.15) is 38.9 Å². The van der Waals surface area contributed by atoms with Crippen LogP contribution in [0.25, 0.3) is 22.0 Å². The molecule has 4 aromatic rings. The normalized spacial score (nSPS) is 17.5. The number of aromatic hydroxyl groups is 1. The van der Waals surface area contributed by atoms with E-state index in [4.69, 9.17) is 4.74 Å². The van der Waals surface area contributed by atoms with Gasteiger partial charge in [-0.3, -0.25) is 9.79 Å². The molecular formula is C30H24F3N3O5. The Morgan fingerprint density at radius 2 is 1.76 bits per heavy atom. The van der Waals surface area contributed by atoms with Crippen LogP contribution in [0.2, 0.25) is 0 Å². The highest BCUT2D eigenvalue weighted by Gasteiger charge is 2.31. The molecule has 1 aliphatic heterocycles. The van der Waals surface area contributed by atoms with Gasteiger partial charge in [-0.1, -0.05) is 30.3 Å². The standard InChI is InChI=1S/C30H24F3N3O5/c1-16-15-34-28(41-16)26(11-17-5-8-21(37)9-6-17)36-27(38)25-14-23(29(39)40)22-13-19(7-10-24(22)35-25)18-3-2-4-20(12-18)30(31,32)33/h2-10,12-16,26,28,37H,11H2,1H3,(H,36,38)(H,39,40)/t16?,26-,28?/m1/s1. The molecule has 0 spiro atoms. The number of nitrogens with zero attached hydrogens (tertiary/aromatic N) is 2. The first-order valence-corrected chi connectivity index (χ1v) is 12.6. The summed E-state index contributed by atoms with van der Waals surface area (Å²) in [5, 5.41) is 22.5. The van der Waals surface area contributed by atoms with Crippen LogP contribution < -0.4 is 5.32 Å². The maximum atomic E-state index is 13.4. The predicted octanol–water partition coefficient (Wildman–Crippen LogP) is 5.48. The number of carbonyl (C=O) groups excluding carboxylic acids is 1. The molecule has 11 heteroatoms. The summed E-state index contributed by atoms with van der Waals surface area (Å²) in [6.45, 7) is 1.81. The van der Waals surface area contributed by atoms with Gasteiger partial charge >= 0.3 is 12.1 Å². The zero-order valence-electron chi connectivity index (χ0n) is 21.6. The Kier molecular flexibility index (Phi) is 7.46. The summed E-state index contributed by atoms with van der Waals surface area (Å²) in [6, 6.07) is 16.1. The van der Waals surface area contributed by atoms with Gasteiger partial charge in [-0.25, -0.2) is 9.78 Å². The number of phenols is 1. The number of hydrogen-bond acceptors (Lipinski definition) is 6. The number of halogens is 3. The average molecular weight is 564 g/mol. The van der Waals surface area contributed by atoms with Gasteiger partial charge in [-0.05, 0) is 72.5 Å². The molecule has 1 aromatic heterocycles. The van der Waals surface area contributed by atoms with Crippen molar-refractivity contribution in [2.45, 2.75) is 37.9 Å². The van der Waals surface area contributed by atoms with E-state index in [1.807, 2.05) is 0 Å². The van der Waals surface area contributed by atoms with Gasteiger partial charge in [0.1, 0.15) is 11.4 Å². The van der Waals surface area contributed by atoms with Crippen molar-refractivity contribution in [2.24, 2.45) is 4.99 Å². The van der Waals surface area contributed by atoms with E-state index in [-0.39, 0.29) is 39.6 Å². The van der Waals surface area contributed by atoms with Gasteiger partial charge in [-0.15, -0.1) is 0 Å². The van der Waals surface area contributed by atoms with Crippen LogP contribution in [0.5, 0.6) is 5.75 Å². The summed E-state index contributed by atoms with van der Waals surface area (Å²) in [6.07, 6.45) is -3.56. The van der Waals surface area contributed by atoms with E-state index >= 15 is 0 Å². The van der Waals surface area contributed by atoms with Gasteiger partial charge < -0.3 is 20.3 Å². The highest BCUT2D eigenvalue weighted by molar-refractivity contribution is 6.06. The Morgan fingerprint density at radius 3 is 2.41 bits per heavy atom. The molecule has 3 N–H and O–H groups in total. The fourth-order valence-corrected chi connectivity index (χ4v) is 4.62. The van der Waals surface area contributed by atoms with Crippen LogP contribution in [0.4, 0.5) is 13.2 Å². The van der Waals surface area contributed by atoms with E-state index in [1.165, 1.54) is 42.5 Å². The number of aromatic carboxylic acids is 1. The zero-order chi connectivity index (χ0) is 29.3. The molecule has 3 atom stereocenters. The Hall–Kier alpha value is -4.77. The van der Waals surface area contributed by atoms with Gasteiger partial charge in [0.25, 0.3) is 5.91 Å². The Morgan fingerprint density at radius 1 is 1.02 bits per heavy atom. The summed E-state index contributed by atoms with van der Waals surface area (Å²) >= 11 is 0. The molecule has 0 saturated carbocycles. The molecular weight excluding hydrogens is 539 g/mol. The van der Waals surface area contributed by atoms with Crippen LogP contribution in [-0.4, -0.2) is 51.7 Å². The van der Waals surface area contributed by atoms with Crippen LogP contribution in [0, 0.1) is 0 Å². The van der Waals surface area contributed by atoms with Crippen LogP contribution in [0.15, 0.2) is 77.8 Å². The first kappa shape index (κ1) is 27.8. The molecule has 2 unspecified atom stereocenters. The Bertz CT molecular complexity index is 1650. The molecule has 0 radical (unpaired) electrons. The molecule has 8 nitrogen and oxygen atoms in total. The fraction of sp³-hybridized carbons (Fsp3) is 0.200. The van der Waals surface area contributed by atoms with Gasteiger partial charge in [0.15, 0.2) is 6.23 Å². The molecule has 0 aliphatic carbocycles. The molecule has 1 aliphatic rings. The number of carbonyl (C=O) groups is 2. The van der Waals surface area contributed by atoms with Crippen molar-refractivity contribution in [3.8, 4) is 16.9 Å². The summed E-state index contributed by atoms with van der Waals surface area (Å²) in [7, 11) is 0. The van der Waals surface area contributed by atoms with Gasteiger partial charge in [0, 0.05) is 11.6 Å². The maximum absolute atomic E-state index is 13.4.